The Kier molecular flexibility index (Phi) is 3.09. The minimum Gasteiger partial charge on any atom is -0.298 e. The lowest BCUT2D eigenvalue weighted by molar-refractivity contribution is 0.112. The lowest BCUT2D eigenvalue weighted by Gasteiger charge is -2.01. The first-order valence-electron chi connectivity index (χ1n) is 5.61. The van der Waals surface area contributed by atoms with Gasteiger partial charge in [0, 0.05) is 25.7 Å². The topological polar surface area (TPSA) is 17.1 Å². The van der Waals surface area contributed by atoms with E-state index in [2.05, 4.69) is 0 Å². The third kappa shape index (κ3) is 2.27. The summed E-state index contributed by atoms with van der Waals surface area (Å²) in [5.41, 5.74) is 1.37. The Morgan fingerprint density at radius 2 is 1.95 bits per heavy atom. The number of benzene rings is 2. The second kappa shape index (κ2) is 4.76. The highest BCUT2D eigenvalue weighted by Crippen LogP contribution is 2.37. The Labute approximate surface area is 118 Å². The molecule has 0 bridgehead atoms. The number of rotatable bonds is 2. The molecule has 1 aromatic heterocycles. The van der Waals surface area contributed by atoms with Gasteiger partial charge in [0.05, 0.1) is 0 Å². The smallest absolute Gasteiger partial charge is 0.150 e. The minimum absolute atomic E-state index is 0.260. The number of halogens is 2. The van der Waals surface area contributed by atoms with Crippen LogP contribution in [0.1, 0.15) is 10.4 Å². The van der Waals surface area contributed by atoms with Crippen molar-refractivity contribution in [1.82, 2.24) is 0 Å². The normalized spacial score (nSPS) is 10.8. The Balaban J connectivity index is 2.21. The molecule has 0 N–H and O–H groups in total. The fourth-order valence-electron chi connectivity index (χ4n) is 1.95. The molecule has 0 fully saturated rings. The van der Waals surface area contributed by atoms with Crippen molar-refractivity contribution in [1.29, 1.82) is 0 Å². The molecule has 2 aromatic carbocycles. The van der Waals surface area contributed by atoms with Crippen molar-refractivity contribution in [3.8, 4) is 10.4 Å². The number of aldehydes is 1. The maximum atomic E-state index is 13.2. The van der Waals surface area contributed by atoms with Gasteiger partial charge in [-0.15, -0.1) is 11.3 Å². The predicted molar refractivity (Wildman–Crippen MR) is 77.6 cm³/mol. The highest BCUT2D eigenvalue weighted by Gasteiger charge is 2.09. The predicted octanol–water partition coefficient (Wildman–Crippen LogP) is 5.17. The van der Waals surface area contributed by atoms with Gasteiger partial charge in [-0.25, -0.2) is 4.39 Å². The van der Waals surface area contributed by atoms with Gasteiger partial charge in [0.2, 0.25) is 0 Å². The van der Waals surface area contributed by atoms with E-state index in [4.69, 9.17) is 11.6 Å². The standard InChI is InChI=1S/C15H8ClFOS/c16-13-3-1-9(8-18)5-12(13)15-7-10-6-11(17)2-4-14(10)19-15/h1-8H. The van der Waals surface area contributed by atoms with Crippen molar-refractivity contribution in [2.45, 2.75) is 0 Å². The van der Waals surface area contributed by atoms with Crippen molar-refractivity contribution in [3.63, 3.8) is 0 Å². The summed E-state index contributed by atoms with van der Waals surface area (Å²) in [6.45, 7) is 0. The fourth-order valence-corrected chi connectivity index (χ4v) is 3.30. The van der Waals surface area contributed by atoms with Crippen molar-refractivity contribution in [2.24, 2.45) is 0 Å². The van der Waals surface area contributed by atoms with Gasteiger partial charge in [0.1, 0.15) is 12.1 Å². The van der Waals surface area contributed by atoms with Gasteiger partial charge in [0.15, 0.2) is 0 Å². The van der Waals surface area contributed by atoms with Gasteiger partial charge in [-0.1, -0.05) is 17.7 Å². The van der Waals surface area contributed by atoms with Gasteiger partial charge in [-0.3, -0.25) is 4.79 Å². The van der Waals surface area contributed by atoms with Crippen LogP contribution in [0.5, 0.6) is 0 Å². The van der Waals surface area contributed by atoms with Crippen LogP contribution in [-0.4, -0.2) is 6.29 Å². The third-order valence-corrected chi connectivity index (χ3v) is 4.35. The molecule has 0 saturated heterocycles. The first kappa shape index (κ1) is 12.3. The van der Waals surface area contributed by atoms with Crippen LogP contribution >= 0.6 is 22.9 Å². The number of carbonyl (C=O) groups is 1. The van der Waals surface area contributed by atoms with E-state index >= 15 is 0 Å². The Hall–Kier alpha value is -1.71. The Bertz CT molecular complexity index is 779. The van der Waals surface area contributed by atoms with Crippen LogP contribution in [0.2, 0.25) is 5.02 Å². The quantitative estimate of drug-likeness (QED) is 0.595. The van der Waals surface area contributed by atoms with Crippen LogP contribution in [0.3, 0.4) is 0 Å². The molecular formula is C15H8ClFOS. The van der Waals surface area contributed by atoms with Gasteiger partial charge >= 0.3 is 0 Å². The lowest BCUT2D eigenvalue weighted by Crippen LogP contribution is -1.82. The molecule has 4 heteroatoms. The minimum atomic E-state index is -0.260. The summed E-state index contributed by atoms with van der Waals surface area (Å²) in [4.78, 5) is 11.8. The molecule has 1 heterocycles. The zero-order valence-electron chi connectivity index (χ0n) is 9.69. The number of thiophene rings is 1. The molecule has 0 aliphatic rings. The third-order valence-electron chi connectivity index (χ3n) is 2.87. The number of fused-ring (bicyclic) bond motifs is 1. The molecule has 3 aromatic rings. The van der Waals surface area contributed by atoms with E-state index in [9.17, 15) is 9.18 Å². The van der Waals surface area contributed by atoms with Crippen molar-refractivity contribution >= 4 is 39.3 Å². The average Bonchev–Trinajstić information content (AvgIpc) is 2.82. The van der Waals surface area contributed by atoms with Crippen LogP contribution in [0, 0.1) is 5.82 Å². The number of carbonyl (C=O) groups excluding carboxylic acids is 1. The van der Waals surface area contributed by atoms with E-state index in [1.54, 1.807) is 24.3 Å². The van der Waals surface area contributed by atoms with E-state index in [1.807, 2.05) is 6.07 Å². The van der Waals surface area contributed by atoms with Crippen LogP contribution < -0.4 is 0 Å². The summed E-state index contributed by atoms with van der Waals surface area (Å²) in [6.07, 6.45) is 0.785. The molecule has 1 nitrogen and oxygen atoms in total. The first-order valence-corrected chi connectivity index (χ1v) is 6.81. The van der Waals surface area contributed by atoms with E-state index in [0.29, 0.717) is 10.6 Å². The molecule has 0 aliphatic carbocycles. The monoisotopic (exact) mass is 290 g/mol. The second-order valence-electron chi connectivity index (χ2n) is 4.15. The lowest BCUT2D eigenvalue weighted by atomic mass is 10.1. The summed E-state index contributed by atoms with van der Waals surface area (Å²) >= 11 is 7.69. The van der Waals surface area contributed by atoms with Gasteiger partial charge in [0.25, 0.3) is 0 Å². The highest BCUT2D eigenvalue weighted by molar-refractivity contribution is 7.22. The second-order valence-corrected chi connectivity index (χ2v) is 5.64. The fraction of sp³-hybridized carbons (Fsp3) is 0. The number of hydrogen-bond donors (Lipinski definition) is 0. The zero-order valence-corrected chi connectivity index (χ0v) is 11.3. The van der Waals surface area contributed by atoms with E-state index in [0.717, 1.165) is 26.8 Å². The average molecular weight is 291 g/mol. The molecule has 0 radical (unpaired) electrons. The van der Waals surface area contributed by atoms with Crippen molar-refractivity contribution < 1.29 is 9.18 Å². The molecule has 0 amide bonds. The van der Waals surface area contributed by atoms with Crippen LogP contribution in [0.4, 0.5) is 4.39 Å². The maximum Gasteiger partial charge on any atom is 0.150 e. The molecule has 0 aliphatic heterocycles. The largest absolute Gasteiger partial charge is 0.298 e. The summed E-state index contributed by atoms with van der Waals surface area (Å²) in [5.74, 6) is -0.260. The van der Waals surface area contributed by atoms with E-state index < -0.39 is 0 Å². The molecular weight excluding hydrogens is 283 g/mol. The summed E-state index contributed by atoms with van der Waals surface area (Å²) in [7, 11) is 0. The molecule has 19 heavy (non-hydrogen) atoms. The zero-order chi connectivity index (χ0) is 13.4. The van der Waals surface area contributed by atoms with Gasteiger partial charge < -0.3 is 0 Å². The highest BCUT2D eigenvalue weighted by atomic mass is 35.5. The summed E-state index contributed by atoms with van der Waals surface area (Å²) < 4.78 is 14.2. The summed E-state index contributed by atoms with van der Waals surface area (Å²) in [6, 6.07) is 11.7. The SMILES string of the molecule is O=Cc1ccc(Cl)c(-c2cc3cc(F)ccc3s2)c1. The van der Waals surface area contributed by atoms with Crippen LogP contribution in [0.15, 0.2) is 42.5 Å². The van der Waals surface area contributed by atoms with Gasteiger partial charge in [-0.05, 0) is 41.8 Å². The van der Waals surface area contributed by atoms with Crippen molar-refractivity contribution in [2.75, 3.05) is 0 Å². The molecule has 0 atom stereocenters. The molecule has 0 spiro atoms. The Morgan fingerprint density at radius 1 is 1.11 bits per heavy atom. The maximum absolute atomic E-state index is 13.2. The molecule has 0 saturated carbocycles. The Morgan fingerprint density at radius 3 is 2.74 bits per heavy atom. The number of hydrogen-bond acceptors (Lipinski definition) is 2. The van der Waals surface area contributed by atoms with Crippen LogP contribution in [0.25, 0.3) is 20.5 Å². The van der Waals surface area contributed by atoms with E-state index in [1.165, 1.54) is 23.5 Å². The van der Waals surface area contributed by atoms with E-state index in [-0.39, 0.29) is 5.82 Å². The van der Waals surface area contributed by atoms with Crippen LogP contribution in [-0.2, 0) is 0 Å². The summed E-state index contributed by atoms with van der Waals surface area (Å²) in [5, 5.41) is 1.42. The molecule has 3 rings (SSSR count). The molecule has 94 valence electrons. The first-order chi connectivity index (χ1) is 9.17. The van der Waals surface area contributed by atoms with Gasteiger partial charge in [-0.2, -0.15) is 0 Å². The molecule has 0 unspecified atom stereocenters. The van der Waals surface area contributed by atoms with Crippen molar-refractivity contribution in [3.05, 3.63) is 58.9 Å².